The zero-order valence-corrected chi connectivity index (χ0v) is 16.0. The minimum atomic E-state index is -3.61. The summed E-state index contributed by atoms with van der Waals surface area (Å²) in [4.78, 5) is 6.38. The molecule has 9 nitrogen and oxygen atoms in total. The molecule has 1 aliphatic rings. The first kappa shape index (κ1) is 18.6. The summed E-state index contributed by atoms with van der Waals surface area (Å²) in [6.07, 6.45) is 5.70. The van der Waals surface area contributed by atoms with Gasteiger partial charge in [0.15, 0.2) is 10.8 Å². The van der Waals surface area contributed by atoms with Gasteiger partial charge in [0.2, 0.25) is 0 Å². The molecule has 142 valence electrons. The van der Waals surface area contributed by atoms with Gasteiger partial charge in [-0.3, -0.25) is 0 Å². The van der Waals surface area contributed by atoms with Gasteiger partial charge < -0.3 is 14.8 Å². The van der Waals surface area contributed by atoms with Crippen LogP contribution in [0.15, 0.2) is 23.5 Å². The standard InChI is InChI=1S/C16H25N7O2S/c1-3-22-12-16(20-13(22)2)26(24,25)19-7-6-17-15-10-14(11-18-21-15)23-8-4-5-9-23/h10-12,19H,3-9H2,1-2H3,(H,17,21). The van der Waals surface area contributed by atoms with E-state index in [4.69, 9.17) is 0 Å². The third kappa shape index (κ3) is 4.31. The summed E-state index contributed by atoms with van der Waals surface area (Å²) >= 11 is 0. The normalized spacial score (nSPS) is 14.8. The largest absolute Gasteiger partial charge is 0.370 e. The van der Waals surface area contributed by atoms with Crippen LogP contribution in [0.25, 0.3) is 0 Å². The maximum absolute atomic E-state index is 12.3. The quantitative estimate of drug-likeness (QED) is 0.659. The number of aryl methyl sites for hydroxylation is 2. The van der Waals surface area contributed by atoms with Crippen LogP contribution in [-0.4, -0.2) is 54.3 Å². The van der Waals surface area contributed by atoms with E-state index in [-0.39, 0.29) is 11.6 Å². The molecule has 0 saturated carbocycles. The van der Waals surface area contributed by atoms with E-state index in [9.17, 15) is 8.42 Å². The number of sulfonamides is 1. The third-order valence-corrected chi connectivity index (χ3v) is 5.74. The molecule has 1 aliphatic heterocycles. The molecular weight excluding hydrogens is 354 g/mol. The molecule has 26 heavy (non-hydrogen) atoms. The van der Waals surface area contributed by atoms with Crippen molar-refractivity contribution in [1.29, 1.82) is 0 Å². The van der Waals surface area contributed by atoms with Gasteiger partial charge in [0.1, 0.15) is 5.82 Å². The van der Waals surface area contributed by atoms with Crippen LogP contribution >= 0.6 is 0 Å². The molecule has 2 N–H and O–H groups in total. The van der Waals surface area contributed by atoms with Crippen molar-refractivity contribution in [2.45, 2.75) is 38.3 Å². The molecule has 10 heteroatoms. The Kier molecular flexibility index (Phi) is 5.72. The number of anilines is 2. The Morgan fingerprint density at radius 2 is 2.00 bits per heavy atom. The number of nitrogens with one attached hydrogen (secondary N) is 2. The topological polar surface area (TPSA) is 105 Å². The highest BCUT2D eigenvalue weighted by atomic mass is 32.2. The first-order valence-electron chi connectivity index (χ1n) is 8.84. The number of nitrogens with zero attached hydrogens (tertiary/aromatic N) is 5. The van der Waals surface area contributed by atoms with Crippen molar-refractivity contribution in [1.82, 2.24) is 24.5 Å². The second kappa shape index (κ2) is 8.00. The maximum Gasteiger partial charge on any atom is 0.259 e. The summed E-state index contributed by atoms with van der Waals surface area (Å²) in [5.41, 5.74) is 1.04. The number of imidazole rings is 1. The van der Waals surface area contributed by atoms with Crippen molar-refractivity contribution in [2.24, 2.45) is 0 Å². The van der Waals surface area contributed by atoms with Gasteiger partial charge in [-0.2, -0.15) is 5.10 Å². The van der Waals surface area contributed by atoms with Gasteiger partial charge in [0.05, 0.1) is 11.9 Å². The Balaban J connectivity index is 1.52. The average Bonchev–Trinajstić information content (AvgIpc) is 3.29. The molecule has 1 saturated heterocycles. The highest BCUT2D eigenvalue weighted by molar-refractivity contribution is 7.89. The number of hydrogen-bond acceptors (Lipinski definition) is 7. The summed E-state index contributed by atoms with van der Waals surface area (Å²) in [7, 11) is -3.61. The second-order valence-electron chi connectivity index (χ2n) is 6.23. The molecule has 0 bridgehead atoms. The van der Waals surface area contributed by atoms with Gasteiger partial charge in [-0.05, 0) is 26.7 Å². The number of aromatic nitrogens is 4. The number of rotatable bonds is 8. The van der Waals surface area contributed by atoms with Gasteiger partial charge in [-0.25, -0.2) is 18.1 Å². The zero-order chi connectivity index (χ0) is 18.6. The van der Waals surface area contributed by atoms with Gasteiger partial charge in [-0.1, -0.05) is 0 Å². The van der Waals surface area contributed by atoms with Gasteiger partial charge in [0.25, 0.3) is 10.0 Å². The van der Waals surface area contributed by atoms with E-state index in [1.807, 2.05) is 13.0 Å². The van der Waals surface area contributed by atoms with Crippen LogP contribution in [0.3, 0.4) is 0 Å². The molecule has 0 aromatic carbocycles. The third-order valence-electron chi connectivity index (χ3n) is 4.40. The highest BCUT2D eigenvalue weighted by Crippen LogP contribution is 2.20. The summed E-state index contributed by atoms with van der Waals surface area (Å²) < 4.78 is 29.0. The summed E-state index contributed by atoms with van der Waals surface area (Å²) in [5, 5.41) is 11.2. The van der Waals surface area contributed by atoms with Crippen molar-refractivity contribution >= 4 is 21.5 Å². The maximum atomic E-state index is 12.3. The lowest BCUT2D eigenvalue weighted by molar-refractivity contribution is 0.579. The van der Waals surface area contributed by atoms with E-state index >= 15 is 0 Å². The first-order chi connectivity index (χ1) is 12.5. The lowest BCUT2D eigenvalue weighted by Crippen LogP contribution is -2.29. The van der Waals surface area contributed by atoms with E-state index in [0.717, 1.165) is 18.8 Å². The summed E-state index contributed by atoms with van der Waals surface area (Å²) in [6, 6.07) is 1.94. The van der Waals surface area contributed by atoms with E-state index in [0.29, 0.717) is 24.7 Å². The summed E-state index contributed by atoms with van der Waals surface area (Å²) in [6.45, 7) is 7.13. The average molecular weight is 379 g/mol. The van der Waals surface area contributed by atoms with Gasteiger partial charge >= 0.3 is 0 Å². The van der Waals surface area contributed by atoms with Crippen molar-refractivity contribution in [3.05, 3.63) is 24.3 Å². The molecule has 0 unspecified atom stereocenters. The molecule has 2 aromatic rings. The first-order valence-corrected chi connectivity index (χ1v) is 10.3. The molecule has 2 aromatic heterocycles. The molecule has 0 aliphatic carbocycles. The van der Waals surface area contributed by atoms with Crippen molar-refractivity contribution in [2.75, 3.05) is 36.4 Å². The highest BCUT2D eigenvalue weighted by Gasteiger charge is 2.18. The Morgan fingerprint density at radius 3 is 2.69 bits per heavy atom. The van der Waals surface area contributed by atoms with Crippen molar-refractivity contribution in [3.8, 4) is 0 Å². The Hall–Kier alpha value is -2.20. The van der Waals surface area contributed by atoms with Gasteiger partial charge in [-0.15, -0.1) is 5.10 Å². The van der Waals surface area contributed by atoms with Crippen molar-refractivity contribution < 1.29 is 8.42 Å². The monoisotopic (exact) mass is 379 g/mol. The van der Waals surface area contributed by atoms with Gasteiger partial charge in [0, 0.05) is 45.0 Å². The van der Waals surface area contributed by atoms with Crippen LogP contribution in [0, 0.1) is 6.92 Å². The van der Waals surface area contributed by atoms with Crippen LogP contribution in [0.5, 0.6) is 0 Å². The second-order valence-corrected chi connectivity index (χ2v) is 7.94. The predicted molar refractivity (Wildman–Crippen MR) is 99.8 cm³/mol. The molecule has 1 fully saturated rings. The van der Waals surface area contributed by atoms with E-state index < -0.39 is 10.0 Å². The fourth-order valence-corrected chi connectivity index (χ4v) is 4.01. The van der Waals surface area contributed by atoms with E-state index in [1.165, 1.54) is 12.8 Å². The molecular formula is C16H25N7O2S. The van der Waals surface area contributed by atoms with Crippen molar-refractivity contribution in [3.63, 3.8) is 0 Å². The van der Waals surface area contributed by atoms with Crippen LogP contribution in [0.1, 0.15) is 25.6 Å². The fourth-order valence-electron chi connectivity index (χ4n) is 2.97. The molecule has 0 spiro atoms. The Bertz CT molecular complexity index is 844. The molecule has 0 radical (unpaired) electrons. The SMILES string of the molecule is CCn1cc(S(=O)(=O)NCCNc2cc(N3CCCC3)cnn2)nc1C. The van der Waals surface area contributed by atoms with E-state index in [2.05, 4.69) is 30.1 Å². The molecule has 3 heterocycles. The van der Waals surface area contributed by atoms with Crippen LogP contribution < -0.4 is 14.9 Å². The smallest absolute Gasteiger partial charge is 0.259 e. The fraction of sp³-hybridized carbons (Fsp3) is 0.562. The van der Waals surface area contributed by atoms with E-state index in [1.54, 1.807) is 23.9 Å². The Morgan fingerprint density at radius 1 is 1.23 bits per heavy atom. The predicted octanol–water partition coefficient (Wildman–Crippen LogP) is 0.992. The summed E-state index contributed by atoms with van der Waals surface area (Å²) in [5.74, 6) is 1.32. The van der Waals surface area contributed by atoms with Crippen LogP contribution in [0.2, 0.25) is 0 Å². The minimum absolute atomic E-state index is 0.0488. The van der Waals surface area contributed by atoms with Crippen LogP contribution in [0.4, 0.5) is 11.5 Å². The minimum Gasteiger partial charge on any atom is -0.370 e. The number of hydrogen-bond donors (Lipinski definition) is 2. The lowest BCUT2D eigenvalue weighted by atomic mass is 10.4. The van der Waals surface area contributed by atoms with Crippen LogP contribution in [-0.2, 0) is 16.6 Å². The molecule has 3 rings (SSSR count). The zero-order valence-electron chi connectivity index (χ0n) is 15.1. The Labute approximate surface area is 153 Å². The molecule has 0 amide bonds. The lowest BCUT2D eigenvalue weighted by Gasteiger charge is -2.17. The molecule has 0 atom stereocenters.